The van der Waals surface area contributed by atoms with Crippen LogP contribution >= 0.6 is 11.3 Å². The number of nitrogens with one attached hydrogen (secondary N) is 1. The van der Waals surface area contributed by atoms with Gasteiger partial charge in [0.05, 0.1) is 17.2 Å². The van der Waals surface area contributed by atoms with Gasteiger partial charge in [-0.05, 0) is 36.8 Å². The van der Waals surface area contributed by atoms with Crippen molar-refractivity contribution < 1.29 is 9.59 Å². The van der Waals surface area contributed by atoms with E-state index in [4.69, 9.17) is 11.0 Å². The van der Waals surface area contributed by atoms with Gasteiger partial charge in [0, 0.05) is 16.0 Å². The molecule has 0 bridgehead atoms. The molecule has 0 saturated carbocycles. The van der Waals surface area contributed by atoms with Crippen LogP contribution in [0.25, 0.3) is 11.1 Å². The number of primary amides is 1. The van der Waals surface area contributed by atoms with E-state index in [0.29, 0.717) is 21.7 Å². The van der Waals surface area contributed by atoms with Crippen LogP contribution in [0.3, 0.4) is 0 Å². The topological polar surface area (TPSA) is 96.0 Å². The predicted molar refractivity (Wildman–Crippen MR) is 102 cm³/mol. The molecule has 0 atom stereocenters. The summed E-state index contributed by atoms with van der Waals surface area (Å²) < 4.78 is 0. The van der Waals surface area contributed by atoms with Crippen molar-refractivity contribution in [1.82, 2.24) is 0 Å². The van der Waals surface area contributed by atoms with Gasteiger partial charge in [0.15, 0.2) is 0 Å². The van der Waals surface area contributed by atoms with Gasteiger partial charge in [-0.25, -0.2) is 0 Å². The van der Waals surface area contributed by atoms with Crippen LogP contribution in [0.2, 0.25) is 0 Å². The van der Waals surface area contributed by atoms with Gasteiger partial charge < -0.3 is 11.1 Å². The Morgan fingerprint density at radius 3 is 2.31 bits per heavy atom. The summed E-state index contributed by atoms with van der Waals surface area (Å²) in [6.45, 7) is 1.89. The van der Waals surface area contributed by atoms with Crippen LogP contribution < -0.4 is 11.1 Å². The summed E-state index contributed by atoms with van der Waals surface area (Å²) in [6.07, 6.45) is 0. The van der Waals surface area contributed by atoms with Crippen molar-refractivity contribution in [2.45, 2.75) is 6.92 Å². The molecule has 0 saturated heterocycles. The van der Waals surface area contributed by atoms with E-state index >= 15 is 0 Å². The molecular weight excluding hydrogens is 346 g/mol. The molecule has 6 heteroatoms. The minimum absolute atomic E-state index is 0.306. The second-order valence-corrected chi connectivity index (χ2v) is 6.84. The number of benzene rings is 2. The van der Waals surface area contributed by atoms with Gasteiger partial charge in [0.1, 0.15) is 5.00 Å². The fourth-order valence-electron chi connectivity index (χ4n) is 2.69. The highest BCUT2D eigenvalue weighted by Crippen LogP contribution is 2.39. The fraction of sp³-hybridized carbons (Fsp3) is 0.0500. The van der Waals surface area contributed by atoms with Crippen LogP contribution in [0.4, 0.5) is 5.00 Å². The van der Waals surface area contributed by atoms with Gasteiger partial charge in [-0.15, -0.1) is 11.3 Å². The summed E-state index contributed by atoms with van der Waals surface area (Å²) in [5.74, 6) is -0.957. The lowest BCUT2D eigenvalue weighted by Crippen LogP contribution is -2.17. The fourth-order valence-corrected chi connectivity index (χ4v) is 3.77. The monoisotopic (exact) mass is 361 g/mol. The Balaban J connectivity index is 1.99. The predicted octanol–water partition coefficient (Wildman–Crippen LogP) is 3.95. The lowest BCUT2D eigenvalue weighted by Gasteiger charge is -2.07. The zero-order valence-corrected chi connectivity index (χ0v) is 14.8. The maximum atomic E-state index is 12.5. The Morgan fingerprint density at radius 1 is 1.08 bits per heavy atom. The Bertz CT molecular complexity index is 1020. The first-order chi connectivity index (χ1) is 12.5. The van der Waals surface area contributed by atoms with Crippen LogP contribution in [0.1, 0.15) is 31.2 Å². The molecule has 2 amide bonds. The first-order valence-corrected chi connectivity index (χ1v) is 8.63. The number of nitriles is 1. The van der Waals surface area contributed by atoms with Crippen molar-refractivity contribution in [1.29, 1.82) is 5.26 Å². The molecular formula is C20H15N3O2S. The normalized spacial score (nSPS) is 10.2. The minimum atomic E-state index is -0.594. The number of hydrogen-bond acceptors (Lipinski definition) is 4. The summed E-state index contributed by atoms with van der Waals surface area (Å²) in [7, 11) is 0. The van der Waals surface area contributed by atoms with Crippen molar-refractivity contribution in [3.8, 4) is 17.2 Å². The molecule has 0 spiro atoms. The van der Waals surface area contributed by atoms with E-state index in [2.05, 4.69) is 5.32 Å². The number of aryl methyl sites for hydroxylation is 1. The second-order valence-electron chi connectivity index (χ2n) is 5.61. The third-order valence-electron chi connectivity index (χ3n) is 3.90. The molecule has 0 radical (unpaired) electrons. The Hall–Kier alpha value is -3.43. The lowest BCUT2D eigenvalue weighted by atomic mass is 10.0. The average Bonchev–Trinajstić information content (AvgIpc) is 2.98. The zero-order chi connectivity index (χ0) is 18.7. The number of hydrogen-bond donors (Lipinski definition) is 2. The molecule has 0 unspecified atom stereocenters. The van der Waals surface area contributed by atoms with E-state index in [1.165, 1.54) is 11.3 Å². The maximum absolute atomic E-state index is 12.5. The number of carbonyl (C=O) groups excluding carboxylic acids is 2. The largest absolute Gasteiger partial charge is 0.365 e. The number of amides is 2. The summed E-state index contributed by atoms with van der Waals surface area (Å²) in [5.41, 5.74) is 8.37. The van der Waals surface area contributed by atoms with Crippen molar-refractivity contribution in [2.75, 3.05) is 5.32 Å². The van der Waals surface area contributed by atoms with Gasteiger partial charge in [-0.2, -0.15) is 5.26 Å². The van der Waals surface area contributed by atoms with Crippen molar-refractivity contribution in [3.05, 3.63) is 76.2 Å². The molecule has 2 aromatic carbocycles. The summed E-state index contributed by atoms with van der Waals surface area (Å²) in [5, 5.41) is 12.0. The SMILES string of the molecule is Cc1sc(NC(=O)c2ccc(C#N)cc2)c(C(N)=O)c1-c1ccccc1. The quantitative estimate of drug-likeness (QED) is 0.736. The van der Waals surface area contributed by atoms with Gasteiger partial charge >= 0.3 is 0 Å². The van der Waals surface area contributed by atoms with Crippen LogP contribution in [0.15, 0.2) is 54.6 Å². The Kier molecular flexibility index (Phi) is 4.83. The number of carbonyl (C=O) groups is 2. The molecule has 3 aromatic rings. The van der Waals surface area contributed by atoms with E-state index in [1.807, 2.05) is 43.3 Å². The van der Waals surface area contributed by atoms with Crippen LogP contribution in [0, 0.1) is 18.3 Å². The molecule has 0 aliphatic rings. The van der Waals surface area contributed by atoms with Crippen LogP contribution in [-0.2, 0) is 0 Å². The summed E-state index contributed by atoms with van der Waals surface area (Å²) in [6, 6.07) is 17.7. The van der Waals surface area contributed by atoms with Gasteiger partial charge in [-0.3, -0.25) is 9.59 Å². The van der Waals surface area contributed by atoms with E-state index in [9.17, 15) is 9.59 Å². The van der Waals surface area contributed by atoms with Crippen molar-refractivity contribution in [3.63, 3.8) is 0 Å². The number of nitrogens with two attached hydrogens (primary N) is 1. The Morgan fingerprint density at radius 2 is 1.73 bits per heavy atom. The molecule has 5 nitrogen and oxygen atoms in total. The van der Waals surface area contributed by atoms with Crippen LogP contribution in [0.5, 0.6) is 0 Å². The highest BCUT2D eigenvalue weighted by atomic mass is 32.1. The molecule has 128 valence electrons. The zero-order valence-electron chi connectivity index (χ0n) is 13.9. The average molecular weight is 361 g/mol. The molecule has 0 fully saturated rings. The van der Waals surface area contributed by atoms with E-state index in [0.717, 1.165) is 16.0 Å². The van der Waals surface area contributed by atoms with Crippen LogP contribution in [-0.4, -0.2) is 11.8 Å². The summed E-state index contributed by atoms with van der Waals surface area (Å²) >= 11 is 1.31. The van der Waals surface area contributed by atoms with Gasteiger partial charge in [0.2, 0.25) is 0 Å². The van der Waals surface area contributed by atoms with E-state index in [-0.39, 0.29) is 5.91 Å². The number of anilines is 1. The molecule has 1 aromatic heterocycles. The number of nitrogens with zero attached hydrogens (tertiary/aromatic N) is 1. The smallest absolute Gasteiger partial charge is 0.256 e. The highest BCUT2D eigenvalue weighted by molar-refractivity contribution is 7.17. The van der Waals surface area contributed by atoms with Crippen molar-refractivity contribution in [2.24, 2.45) is 5.73 Å². The maximum Gasteiger partial charge on any atom is 0.256 e. The number of thiophene rings is 1. The first-order valence-electron chi connectivity index (χ1n) is 7.81. The number of rotatable bonds is 4. The molecule has 3 N–H and O–H groups in total. The van der Waals surface area contributed by atoms with Gasteiger partial charge in [0.25, 0.3) is 11.8 Å². The molecule has 3 rings (SSSR count). The Labute approximate surface area is 154 Å². The first kappa shape index (κ1) is 17.4. The van der Waals surface area contributed by atoms with E-state index < -0.39 is 5.91 Å². The second kappa shape index (κ2) is 7.21. The molecule has 0 aliphatic carbocycles. The standard InChI is InChI=1S/C20H15N3O2S/c1-12-16(14-5-3-2-4-6-14)17(18(22)24)20(26-12)23-19(25)15-9-7-13(11-21)8-10-15/h2-10H,1H3,(H2,22,24)(H,23,25). The highest BCUT2D eigenvalue weighted by Gasteiger charge is 2.23. The third kappa shape index (κ3) is 3.34. The molecule has 26 heavy (non-hydrogen) atoms. The lowest BCUT2D eigenvalue weighted by molar-refractivity contribution is 0.100. The minimum Gasteiger partial charge on any atom is -0.365 e. The molecule has 0 aliphatic heterocycles. The summed E-state index contributed by atoms with van der Waals surface area (Å²) in [4.78, 5) is 25.5. The van der Waals surface area contributed by atoms with Crippen molar-refractivity contribution >= 4 is 28.2 Å². The third-order valence-corrected chi connectivity index (χ3v) is 4.92. The van der Waals surface area contributed by atoms with E-state index in [1.54, 1.807) is 24.3 Å². The molecule has 1 heterocycles. The van der Waals surface area contributed by atoms with Gasteiger partial charge in [-0.1, -0.05) is 30.3 Å².